The van der Waals surface area contributed by atoms with Crippen molar-refractivity contribution in [1.82, 2.24) is 15.6 Å². The lowest BCUT2D eigenvalue weighted by molar-refractivity contribution is 0.513. The molecule has 0 unspecified atom stereocenters. The van der Waals surface area contributed by atoms with Crippen molar-refractivity contribution in [2.24, 2.45) is 10.9 Å². The second-order valence-electron chi connectivity index (χ2n) is 6.00. The molecule has 124 valence electrons. The van der Waals surface area contributed by atoms with Gasteiger partial charge in [-0.2, -0.15) is 0 Å². The minimum atomic E-state index is 0.606. The molecule has 0 amide bonds. The third-order valence-electron chi connectivity index (χ3n) is 4.08. The molecule has 6 heteroatoms. The van der Waals surface area contributed by atoms with E-state index in [1.165, 1.54) is 17.5 Å². The molecule has 1 aliphatic rings. The molecule has 1 aromatic carbocycles. The van der Waals surface area contributed by atoms with E-state index >= 15 is 0 Å². The van der Waals surface area contributed by atoms with E-state index in [2.05, 4.69) is 26.7 Å². The predicted octanol–water partition coefficient (Wildman–Crippen LogP) is 3.63. The molecule has 5 nitrogen and oxygen atoms in total. The molecule has 2 N–H and O–H groups in total. The second kappa shape index (κ2) is 6.65. The molecule has 0 spiro atoms. The summed E-state index contributed by atoms with van der Waals surface area (Å²) in [6, 6.07) is 12.1. The number of furan rings is 1. The molecular weight excluding hydrogens is 320 g/mol. The summed E-state index contributed by atoms with van der Waals surface area (Å²) < 4.78 is 7.11. The number of para-hydroxylation sites is 1. The van der Waals surface area contributed by atoms with Gasteiger partial charge in [0.2, 0.25) is 0 Å². The van der Waals surface area contributed by atoms with Gasteiger partial charge in [-0.3, -0.25) is 4.99 Å². The first-order valence-electron chi connectivity index (χ1n) is 8.21. The molecule has 4 rings (SSSR count). The number of guanidine groups is 1. The number of aromatic nitrogens is 1. The lowest BCUT2D eigenvalue weighted by atomic mass is 10.3. The third-order valence-corrected chi connectivity index (χ3v) is 5.13. The standard InChI is InChI=1S/C18H20N4OS/c1-19-18(20-10-12-6-7-12)21-11-13-8-9-15(23-13)17-22-14-4-2-3-5-16(14)24-17/h2-5,8-9,12H,6-7,10-11H2,1H3,(H2,19,20,21). The first kappa shape index (κ1) is 15.2. The first-order valence-corrected chi connectivity index (χ1v) is 9.02. The highest BCUT2D eigenvalue weighted by Crippen LogP contribution is 2.31. The van der Waals surface area contributed by atoms with Crippen LogP contribution in [-0.2, 0) is 6.54 Å². The van der Waals surface area contributed by atoms with Crippen LogP contribution in [0.4, 0.5) is 0 Å². The highest BCUT2D eigenvalue weighted by molar-refractivity contribution is 7.21. The molecule has 2 aromatic heterocycles. The van der Waals surface area contributed by atoms with Gasteiger partial charge in [0.15, 0.2) is 16.7 Å². The second-order valence-corrected chi connectivity index (χ2v) is 7.03. The van der Waals surface area contributed by atoms with E-state index < -0.39 is 0 Å². The van der Waals surface area contributed by atoms with Crippen molar-refractivity contribution in [2.75, 3.05) is 13.6 Å². The van der Waals surface area contributed by atoms with Crippen molar-refractivity contribution in [3.63, 3.8) is 0 Å². The molecule has 1 saturated carbocycles. The number of hydrogen-bond donors (Lipinski definition) is 2. The zero-order chi connectivity index (χ0) is 16.4. The molecule has 24 heavy (non-hydrogen) atoms. The quantitative estimate of drug-likeness (QED) is 0.550. The van der Waals surface area contributed by atoms with Gasteiger partial charge in [0.05, 0.1) is 16.8 Å². The number of benzene rings is 1. The van der Waals surface area contributed by atoms with Gasteiger partial charge in [-0.15, -0.1) is 11.3 Å². The summed E-state index contributed by atoms with van der Waals surface area (Å²) in [4.78, 5) is 8.87. The molecule has 0 bridgehead atoms. The fourth-order valence-corrected chi connectivity index (χ4v) is 3.45. The Hall–Kier alpha value is -2.34. The molecule has 0 aliphatic heterocycles. The predicted molar refractivity (Wildman–Crippen MR) is 98.2 cm³/mol. The van der Waals surface area contributed by atoms with Crippen LogP contribution < -0.4 is 10.6 Å². The number of hydrogen-bond acceptors (Lipinski definition) is 4. The van der Waals surface area contributed by atoms with E-state index in [1.54, 1.807) is 18.4 Å². The largest absolute Gasteiger partial charge is 0.457 e. The highest BCUT2D eigenvalue weighted by Gasteiger charge is 2.21. The van der Waals surface area contributed by atoms with Crippen LogP contribution in [0.15, 0.2) is 45.8 Å². The average Bonchev–Trinajstić information content (AvgIpc) is 3.15. The van der Waals surface area contributed by atoms with Crippen molar-refractivity contribution < 1.29 is 4.42 Å². The van der Waals surface area contributed by atoms with E-state index in [4.69, 9.17) is 4.42 Å². The molecule has 1 fully saturated rings. The van der Waals surface area contributed by atoms with Crippen molar-refractivity contribution in [1.29, 1.82) is 0 Å². The van der Waals surface area contributed by atoms with Gasteiger partial charge in [0.1, 0.15) is 5.76 Å². The SMILES string of the molecule is CN=C(NCc1ccc(-c2nc3ccccc3s2)o1)NCC1CC1. The highest BCUT2D eigenvalue weighted by atomic mass is 32.1. The smallest absolute Gasteiger partial charge is 0.191 e. The summed E-state index contributed by atoms with van der Waals surface area (Å²) in [5.41, 5.74) is 1.01. The van der Waals surface area contributed by atoms with Crippen LogP contribution in [0.1, 0.15) is 18.6 Å². The number of nitrogens with one attached hydrogen (secondary N) is 2. The topological polar surface area (TPSA) is 62.5 Å². The Morgan fingerprint density at radius 2 is 2.12 bits per heavy atom. The third kappa shape index (κ3) is 3.43. The van der Waals surface area contributed by atoms with E-state index in [9.17, 15) is 0 Å². The van der Waals surface area contributed by atoms with E-state index in [0.717, 1.165) is 40.5 Å². The summed E-state index contributed by atoms with van der Waals surface area (Å²) in [7, 11) is 1.79. The van der Waals surface area contributed by atoms with Crippen LogP contribution in [0.25, 0.3) is 21.0 Å². The lowest BCUT2D eigenvalue weighted by Gasteiger charge is -2.10. The zero-order valence-electron chi connectivity index (χ0n) is 13.6. The Morgan fingerprint density at radius 3 is 2.92 bits per heavy atom. The Bertz CT molecular complexity index is 830. The zero-order valence-corrected chi connectivity index (χ0v) is 14.4. The maximum absolute atomic E-state index is 5.93. The van der Waals surface area contributed by atoms with Crippen LogP contribution >= 0.6 is 11.3 Å². The summed E-state index contributed by atoms with van der Waals surface area (Å²) in [6.45, 7) is 1.60. The van der Waals surface area contributed by atoms with Crippen molar-refractivity contribution in [2.45, 2.75) is 19.4 Å². The lowest BCUT2D eigenvalue weighted by Crippen LogP contribution is -2.37. The van der Waals surface area contributed by atoms with Crippen LogP contribution in [0.5, 0.6) is 0 Å². The van der Waals surface area contributed by atoms with Crippen molar-refractivity contribution >= 4 is 27.5 Å². The number of aliphatic imine (C=N–C) groups is 1. The Kier molecular flexibility index (Phi) is 4.21. The maximum atomic E-state index is 5.93. The molecule has 0 atom stereocenters. The normalized spacial score (nSPS) is 15.0. The summed E-state index contributed by atoms with van der Waals surface area (Å²) in [5, 5.41) is 7.55. The van der Waals surface area contributed by atoms with Gasteiger partial charge in [0.25, 0.3) is 0 Å². The van der Waals surface area contributed by atoms with Gasteiger partial charge in [-0.05, 0) is 43.0 Å². The fraction of sp³-hybridized carbons (Fsp3) is 0.333. The average molecular weight is 340 g/mol. The monoisotopic (exact) mass is 340 g/mol. The Balaban J connectivity index is 1.40. The summed E-state index contributed by atoms with van der Waals surface area (Å²) >= 11 is 1.65. The van der Waals surface area contributed by atoms with E-state index in [-0.39, 0.29) is 0 Å². The van der Waals surface area contributed by atoms with Crippen molar-refractivity contribution in [3.8, 4) is 10.8 Å². The van der Waals surface area contributed by atoms with Gasteiger partial charge >= 0.3 is 0 Å². The van der Waals surface area contributed by atoms with E-state index in [1.807, 2.05) is 30.3 Å². The number of fused-ring (bicyclic) bond motifs is 1. The summed E-state index contributed by atoms with van der Waals surface area (Å²) in [5.74, 6) is 3.32. The first-order chi connectivity index (χ1) is 11.8. The number of rotatable bonds is 5. The minimum absolute atomic E-state index is 0.606. The van der Waals surface area contributed by atoms with Gasteiger partial charge in [0, 0.05) is 13.6 Å². The Morgan fingerprint density at radius 1 is 1.25 bits per heavy atom. The fourth-order valence-electron chi connectivity index (χ4n) is 2.52. The summed E-state index contributed by atoms with van der Waals surface area (Å²) in [6.07, 6.45) is 2.65. The van der Waals surface area contributed by atoms with Crippen LogP contribution in [0, 0.1) is 5.92 Å². The maximum Gasteiger partial charge on any atom is 0.191 e. The number of nitrogens with zero attached hydrogens (tertiary/aromatic N) is 2. The number of thiazole rings is 1. The van der Waals surface area contributed by atoms with Crippen LogP contribution in [0.3, 0.4) is 0 Å². The van der Waals surface area contributed by atoms with Crippen molar-refractivity contribution in [3.05, 3.63) is 42.2 Å². The molecule has 0 saturated heterocycles. The van der Waals surface area contributed by atoms with Crippen LogP contribution in [0.2, 0.25) is 0 Å². The molecule has 3 aromatic rings. The minimum Gasteiger partial charge on any atom is -0.457 e. The van der Waals surface area contributed by atoms with Crippen LogP contribution in [-0.4, -0.2) is 24.5 Å². The molecular formula is C18H20N4OS. The molecule has 1 aliphatic carbocycles. The molecule has 2 heterocycles. The van der Waals surface area contributed by atoms with E-state index in [0.29, 0.717) is 6.54 Å². The van der Waals surface area contributed by atoms with Gasteiger partial charge < -0.3 is 15.1 Å². The van der Waals surface area contributed by atoms with Gasteiger partial charge in [-0.25, -0.2) is 4.98 Å². The Labute approximate surface area is 144 Å². The molecule has 0 radical (unpaired) electrons. The van der Waals surface area contributed by atoms with Gasteiger partial charge in [-0.1, -0.05) is 12.1 Å².